The van der Waals surface area contributed by atoms with Crippen LogP contribution < -0.4 is 0 Å². The summed E-state index contributed by atoms with van der Waals surface area (Å²) in [4.78, 5) is 10.6. The van der Waals surface area contributed by atoms with Gasteiger partial charge in [-0.2, -0.15) is 0 Å². The summed E-state index contributed by atoms with van der Waals surface area (Å²) in [6.45, 7) is 2.27. The van der Waals surface area contributed by atoms with Crippen molar-refractivity contribution in [3.63, 3.8) is 0 Å². The molecule has 0 bridgehead atoms. The molecule has 2 aliphatic rings. The van der Waals surface area contributed by atoms with Gasteiger partial charge < -0.3 is 9.53 Å². The molecule has 0 radical (unpaired) electrons. The summed E-state index contributed by atoms with van der Waals surface area (Å²) < 4.78 is 5.88. The van der Waals surface area contributed by atoms with Crippen LogP contribution in [0.15, 0.2) is 0 Å². The molecule has 74 valence electrons. The van der Waals surface area contributed by atoms with Crippen LogP contribution in [0.5, 0.6) is 0 Å². The van der Waals surface area contributed by atoms with E-state index in [1.165, 1.54) is 25.7 Å². The van der Waals surface area contributed by atoms with Crippen LogP contribution in [0.25, 0.3) is 0 Å². The summed E-state index contributed by atoms with van der Waals surface area (Å²) >= 11 is 0. The SMILES string of the molecule is CC1CCCCC12CCC(C=O)O2. The van der Waals surface area contributed by atoms with E-state index in [-0.39, 0.29) is 11.7 Å². The van der Waals surface area contributed by atoms with Crippen molar-refractivity contribution in [1.29, 1.82) is 0 Å². The van der Waals surface area contributed by atoms with Gasteiger partial charge in [0.1, 0.15) is 12.4 Å². The zero-order chi connectivity index (χ0) is 9.31. The van der Waals surface area contributed by atoms with Crippen LogP contribution in [0.1, 0.15) is 45.4 Å². The molecular formula is C11H18O2. The van der Waals surface area contributed by atoms with Gasteiger partial charge in [0.2, 0.25) is 0 Å². The van der Waals surface area contributed by atoms with E-state index in [2.05, 4.69) is 6.92 Å². The van der Waals surface area contributed by atoms with Gasteiger partial charge in [-0.05, 0) is 31.6 Å². The van der Waals surface area contributed by atoms with Crippen molar-refractivity contribution in [2.45, 2.75) is 57.2 Å². The number of rotatable bonds is 1. The quantitative estimate of drug-likeness (QED) is 0.582. The van der Waals surface area contributed by atoms with Gasteiger partial charge in [-0.1, -0.05) is 19.8 Å². The number of carbonyl (C=O) groups excluding carboxylic acids is 1. The molecule has 2 heteroatoms. The molecule has 0 aromatic rings. The van der Waals surface area contributed by atoms with Crippen molar-refractivity contribution >= 4 is 6.29 Å². The molecule has 1 saturated heterocycles. The summed E-state index contributed by atoms with van der Waals surface area (Å²) in [6, 6.07) is 0. The fraction of sp³-hybridized carbons (Fsp3) is 0.909. The zero-order valence-corrected chi connectivity index (χ0v) is 8.29. The number of ether oxygens (including phenoxy) is 1. The zero-order valence-electron chi connectivity index (χ0n) is 8.29. The maximum absolute atomic E-state index is 10.6. The molecule has 0 aromatic carbocycles. The minimum absolute atomic E-state index is 0.0732. The second-order valence-corrected chi connectivity index (χ2v) is 4.54. The maximum Gasteiger partial charge on any atom is 0.148 e. The van der Waals surface area contributed by atoms with Gasteiger partial charge in [0.05, 0.1) is 5.60 Å². The standard InChI is InChI=1S/C11H18O2/c1-9-4-2-3-6-11(9)7-5-10(8-12)13-11/h8-10H,2-7H2,1H3. The van der Waals surface area contributed by atoms with Crippen LogP contribution in [0.2, 0.25) is 0 Å². The largest absolute Gasteiger partial charge is 0.364 e. The molecule has 1 aliphatic carbocycles. The van der Waals surface area contributed by atoms with E-state index in [9.17, 15) is 4.79 Å². The van der Waals surface area contributed by atoms with E-state index in [1.54, 1.807) is 0 Å². The highest BCUT2D eigenvalue weighted by Crippen LogP contribution is 2.44. The Hall–Kier alpha value is -0.370. The Labute approximate surface area is 79.7 Å². The van der Waals surface area contributed by atoms with Crippen LogP contribution in [0.3, 0.4) is 0 Å². The van der Waals surface area contributed by atoms with Gasteiger partial charge in [0.15, 0.2) is 0 Å². The smallest absolute Gasteiger partial charge is 0.148 e. The lowest BCUT2D eigenvalue weighted by Gasteiger charge is -2.39. The third-order valence-corrected chi connectivity index (χ3v) is 3.78. The average Bonchev–Trinajstić information content (AvgIpc) is 2.56. The van der Waals surface area contributed by atoms with Gasteiger partial charge in [0, 0.05) is 0 Å². The highest BCUT2D eigenvalue weighted by atomic mass is 16.5. The van der Waals surface area contributed by atoms with Gasteiger partial charge in [0.25, 0.3) is 0 Å². The van der Waals surface area contributed by atoms with Crippen LogP contribution in [-0.4, -0.2) is 18.0 Å². The molecule has 2 rings (SSSR count). The first kappa shape index (κ1) is 9.20. The molecule has 0 amide bonds. The van der Waals surface area contributed by atoms with E-state index < -0.39 is 0 Å². The molecule has 2 nitrogen and oxygen atoms in total. The van der Waals surface area contributed by atoms with Crippen LogP contribution in [0.4, 0.5) is 0 Å². The third-order valence-electron chi connectivity index (χ3n) is 3.78. The fourth-order valence-electron chi connectivity index (χ4n) is 2.83. The monoisotopic (exact) mass is 182 g/mol. The molecule has 13 heavy (non-hydrogen) atoms. The Morgan fingerprint density at radius 2 is 2.15 bits per heavy atom. The molecular weight excluding hydrogens is 164 g/mol. The molecule has 1 spiro atoms. The highest BCUT2D eigenvalue weighted by molar-refractivity contribution is 5.56. The fourth-order valence-corrected chi connectivity index (χ4v) is 2.83. The second-order valence-electron chi connectivity index (χ2n) is 4.54. The highest BCUT2D eigenvalue weighted by Gasteiger charge is 2.45. The van der Waals surface area contributed by atoms with E-state index in [1.807, 2.05) is 0 Å². The Bertz CT molecular complexity index is 202. The molecule has 0 aromatic heterocycles. The molecule has 1 aliphatic heterocycles. The average molecular weight is 182 g/mol. The van der Waals surface area contributed by atoms with Gasteiger partial charge in [-0.15, -0.1) is 0 Å². The summed E-state index contributed by atoms with van der Waals surface area (Å²) in [5.41, 5.74) is 0.0732. The summed E-state index contributed by atoms with van der Waals surface area (Å²) in [5, 5.41) is 0. The number of aldehydes is 1. The first-order valence-electron chi connectivity index (χ1n) is 5.40. The summed E-state index contributed by atoms with van der Waals surface area (Å²) in [5.74, 6) is 0.645. The van der Waals surface area contributed by atoms with Crippen molar-refractivity contribution in [3.8, 4) is 0 Å². The Kier molecular flexibility index (Phi) is 2.41. The van der Waals surface area contributed by atoms with Gasteiger partial charge >= 0.3 is 0 Å². The van der Waals surface area contributed by atoms with Crippen LogP contribution in [0, 0.1) is 5.92 Å². The third kappa shape index (κ3) is 1.52. The molecule has 3 unspecified atom stereocenters. The number of hydrogen-bond acceptors (Lipinski definition) is 2. The minimum atomic E-state index is -0.111. The number of hydrogen-bond donors (Lipinski definition) is 0. The Morgan fingerprint density at radius 3 is 2.77 bits per heavy atom. The van der Waals surface area contributed by atoms with Crippen molar-refractivity contribution in [3.05, 3.63) is 0 Å². The lowest BCUT2D eigenvalue weighted by molar-refractivity contribution is -0.130. The van der Waals surface area contributed by atoms with E-state index in [0.717, 1.165) is 19.1 Å². The predicted octanol–water partition coefficient (Wildman–Crippen LogP) is 2.31. The first-order chi connectivity index (χ1) is 6.27. The van der Waals surface area contributed by atoms with Crippen LogP contribution in [-0.2, 0) is 9.53 Å². The first-order valence-corrected chi connectivity index (χ1v) is 5.40. The molecule has 1 saturated carbocycles. The maximum atomic E-state index is 10.6. The normalized spacial score (nSPS) is 45.3. The van der Waals surface area contributed by atoms with E-state index in [4.69, 9.17) is 4.74 Å². The molecule has 1 heterocycles. The second kappa shape index (κ2) is 3.41. The lowest BCUT2D eigenvalue weighted by atomic mass is 9.75. The topological polar surface area (TPSA) is 26.3 Å². The summed E-state index contributed by atoms with van der Waals surface area (Å²) in [6.07, 6.45) is 7.93. The minimum Gasteiger partial charge on any atom is -0.364 e. The van der Waals surface area contributed by atoms with Crippen molar-refractivity contribution in [2.75, 3.05) is 0 Å². The van der Waals surface area contributed by atoms with E-state index in [0.29, 0.717) is 5.92 Å². The Balaban J connectivity index is 2.07. The van der Waals surface area contributed by atoms with Crippen molar-refractivity contribution in [2.24, 2.45) is 5.92 Å². The molecule has 3 atom stereocenters. The predicted molar refractivity (Wildman–Crippen MR) is 50.5 cm³/mol. The van der Waals surface area contributed by atoms with Crippen LogP contribution >= 0.6 is 0 Å². The van der Waals surface area contributed by atoms with Crippen molar-refractivity contribution < 1.29 is 9.53 Å². The number of carbonyl (C=O) groups is 1. The van der Waals surface area contributed by atoms with Gasteiger partial charge in [-0.3, -0.25) is 0 Å². The van der Waals surface area contributed by atoms with Gasteiger partial charge in [-0.25, -0.2) is 0 Å². The molecule has 2 fully saturated rings. The molecule has 0 N–H and O–H groups in total. The lowest BCUT2D eigenvalue weighted by Crippen LogP contribution is -2.39. The van der Waals surface area contributed by atoms with E-state index >= 15 is 0 Å². The Morgan fingerprint density at radius 1 is 1.31 bits per heavy atom. The van der Waals surface area contributed by atoms with Crippen molar-refractivity contribution in [1.82, 2.24) is 0 Å². The summed E-state index contributed by atoms with van der Waals surface area (Å²) in [7, 11) is 0.